The first-order valence-corrected chi connectivity index (χ1v) is 5.96. The number of hydrogen-bond donors (Lipinski definition) is 2. The van der Waals surface area contributed by atoms with Gasteiger partial charge in [-0.05, 0) is 32.0 Å². The van der Waals surface area contributed by atoms with E-state index in [-0.39, 0.29) is 5.91 Å². The molecule has 1 aromatic carbocycles. The Hall–Kier alpha value is -1.71. The van der Waals surface area contributed by atoms with Gasteiger partial charge in [0, 0.05) is 32.7 Å². The van der Waals surface area contributed by atoms with Crippen LogP contribution in [0.25, 0.3) is 0 Å². The van der Waals surface area contributed by atoms with Crippen LogP contribution in [0.2, 0.25) is 0 Å². The Kier molecular flexibility index (Phi) is 4.82. The van der Waals surface area contributed by atoms with Crippen LogP contribution < -0.4 is 10.6 Å². The fourth-order valence-electron chi connectivity index (χ4n) is 1.80. The second kappa shape index (κ2) is 6.13. The molecule has 0 saturated carbocycles. The lowest BCUT2D eigenvalue weighted by Crippen LogP contribution is -2.30. The number of anilines is 2. The average molecular weight is 235 g/mol. The minimum absolute atomic E-state index is 0.0779. The Labute approximate surface area is 103 Å². The lowest BCUT2D eigenvalue weighted by molar-refractivity contribution is 0.0773. The fraction of sp³-hybridized carbons (Fsp3) is 0.462. The Morgan fingerprint density at radius 3 is 2.18 bits per heavy atom. The van der Waals surface area contributed by atoms with E-state index in [1.54, 1.807) is 0 Å². The van der Waals surface area contributed by atoms with Gasteiger partial charge in [0.2, 0.25) is 0 Å². The Bertz CT molecular complexity index is 386. The van der Waals surface area contributed by atoms with E-state index < -0.39 is 0 Å². The van der Waals surface area contributed by atoms with Crippen molar-refractivity contribution in [3.05, 3.63) is 23.8 Å². The third kappa shape index (κ3) is 2.90. The highest BCUT2D eigenvalue weighted by Gasteiger charge is 2.13. The van der Waals surface area contributed by atoms with E-state index in [2.05, 4.69) is 10.6 Å². The fourth-order valence-corrected chi connectivity index (χ4v) is 1.80. The molecule has 1 amide bonds. The van der Waals surface area contributed by atoms with Gasteiger partial charge in [-0.3, -0.25) is 4.79 Å². The second-order valence-electron chi connectivity index (χ2n) is 3.74. The van der Waals surface area contributed by atoms with Gasteiger partial charge in [0.25, 0.3) is 5.91 Å². The molecule has 0 unspecified atom stereocenters. The van der Waals surface area contributed by atoms with Gasteiger partial charge < -0.3 is 15.5 Å². The molecular formula is C13H21N3O. The summed E-state index contributed by atoms with van der Waals surface area (Å²) >= 11 is 0. The molecule has 0 bridgehead atoms. The SMILES string of the molecule is CCN(CC)C(=O)c1ccc(NC)c(NC)c1. The summed E-state index contributed by atoms with van der Waals surface area (Å²) in [7, 11) is 3.71. The third-order valence-corrected chi connectivity index (χ3v) is 2.86. The minimum Gasteiger partial charge on any atom is -0.386 e. The zero-order valence-corrected chi connectivity index (χ0v) is 11.0. The van der Waals surface area contributed by atoms with E-state index in [9.17, 15) is 4.79 Å². The normalized spacial score (nSPS) is 9.88. The van der Waals surface area contributed by atoms with Crippen molar-refractivity contribution in [3.63, 3.8) is 0 Å². The van der Waals surface area contributed by atoms with Crippen LogP contribution in [0.5, 0.6) is 0 Å². The number of rotatable bonds is 5. The summed E-state index contributed by atoms with van der Waals surface area (Å²) in [6.07, 6.45) is 0. The van der Waals surface area contributed by atoms with Crippen molar-refractivity contribution < 1.29 is 4.79 Å². The minimum atomic E-state index is 0.0779. The van der Waals surface area contributed by atoms with Gasteiger partial charge >= 0.3 is 0 Å². The van der Waals surface area contributed by atoms with Crippen LogP contribution in [-0.2, 0) is 0 Å². The summed E-state index contributed by atoms with van der Waals surface area (Å²) in [5.74, 6) is 0.0779. The van der Waals surface area contributed by atoms with Crippen molar-refractivity contribution in [2.45, 2.75) is 13.8 Å². The van der Waals surface area contributed by atoms with Gasteiger partial charge in [-0.1, -0.05) is 0 Å². The van der Waals surface area contributed by atoms with Crippen molar-refractivity contribution in [2.24, 2.45) is 0 Å². The second-order valence-corrected chi connectivity index (χ2v) is 3.74. The summed E-state index contributed by atoms with van der Waals surface area (Å²) in [6.45, 7) is 5.45. The molecule has 0 spiro atoms. The van der Waals surface area contributed by atoms with Gasteiger partial charge in [-0.25, -0.2) is 0 Å². The number of carbonyl (C=O) groups excluding carboxylic acids is 1. The topological polar surface area (TPSA) is 44.4 Å². The molecule has 4 nitrogen and oxygen atoms in total. The molecule has 0 saturated heterocycles. The van der Waals surface area contributed by atoms with E-state index in [1.807, 2.05) is 51.0 Å². The van der Waals surface area contributed by atoms with Crippen molar-refractivity contribution >= 4 is 17.3 Å². The highest BCUT2D eigenvalue weighted by molar-refractivity contribution is 5.96. The largest absolute Gasteiger partial charge is 0.386 e. The lowest BCUT2D eigenvalue weighted by atomic mass is 10.1. The lowest BCUT2D eigenvalue weighted by Gasteiger charge is -2.19. The molecule has 0 radical (unpaired) electrons. The molecule has 17 heavy (non-hydrogen) atoms. The van der Waals surface area contributed by atoms with Gasteiger partial charge in [-0.2, -0.15) is 0 Å². The Morgan fingerprint density at radius 2 is 1.71 bits per heavy atom. The molecule has 94 valence electrons. The molecule has 0 aliphatic carbocycles. The van der Waals surface area contributed by atoms with E-state index in [4.69, 9.17) is 0 Å². The highest BCUT2D eigenvalue weighted by Crippen LogP contribution is 2.22. The van der Waals surface area contributed by atoms with Crippen molar-refractivity contribution in [1.82, 2.24) is 4.90 Å². The number of nitrogens with one attached hydrogen (secondary N) is 2. The van der Waals surface area contributed by atoms with Crippen LogP contribution in [0, 0.1) is 0 Å². The molecule has 0 aliphatic rings. The average Bonchev–Trinajstić information content (AvgIpc) is 2.39. The van der Waals surface area contributed by atoms with E-state index in [0.29, 0.717) is 0 Å². The van der Waals surface area contributed by atoms with Gasteiger partial charge in [0.15, 0.2) is 0 Å². The van der Waals surface area contributed by atoms with Crippen LogP contribution in [0.1, 0.15) is 24.2 Å². The first kappa shape index (κ1) is 13.4. The third-order valence-electron chi connectivity index (χ3n) is 2.86. The number of carbonyl (C=O) groups is 1. The van der Waals surface area contributed by atoms with Crippen LogP contribution in [0.4, 0.5) is 11.4 Å². The van der Waals surface area contributed by atoms with Crippen molar-refractivity contribution in [2.75, 3.05) is 37.8 Å². The molecule has 1 aromatic rings. The molecule has 2 N–H and O–H groups in total. The molecular weight excluding hydrogens is 214 g/mol. The summed E-state index contributed by atoms with van der Waals surface area (Å²) in [5.41, 5.74) is 2.64. The molecule has 4 heteroatoms. The maximum absolute atomic E-state index is 12.2. The van der Waals surface area contributed by atoms with Gasteiger partial charge in [0.1, 0.15) is 0 Å². The van der Waals surface area contributed by atoms with E-state index in [0.717, 1.165) is 30.0 Å². The molecule has 0 aliphatic heterocycles. The first-order valence-electron chi connectivity index (χ1n) is 5.96. The predicted molar refractivity (Wildman–Crippen MR) is 72.8 cm³/mol. The monoisotopic (exact) mass is 235 g/mol. The summed E-state index contributed by atoms with van der Waals surface area (Å²) in [5, 5.41) is 6.17. The van der Waals surface area contributed by atoms with Gasteiger partial charge in [-0.15, -0.1) is 0 Å². The maximum atomic E-state index is 12.2. The van der Waals surface area contributed by atoms with E-state index >= 15 is 0 Å². The van der Waals surface area contributed by atoms with Crippen LogP contribution in [0.3, 0.4) is 0 Å². The van der Waals surface area contributed by atoms with Crippen LogP contribution in [0.15, 0.2) is 18.2 Å². The summed E-state index contributed by atoms with van der Waals surface area (Å²) < 4.78 is 0. The molecule has 0 aromatic heterocycles. The summed E-state index contributed by atoms with van der Waals surface area (Å²) in [4.78, 5) is 14.0. The van der Waals surface area contributed by atoms with Crippen LogP contribution >= 0.6 is 0 Å². The van der Waals surface area contributed by atoms with Crippen molar-refractivity contribution in [3.8, 4) is 0 Å². The molecule has 0 heterocycles. The van der Waals surface area contributed by atoms with Gasteiger partial charge in [0.05, 0.1) is 11.4 Å². The standard InChI is InChI=1S/C13H21N3O/c1-5-16(6-2)13(17)10-7-8-11(14-3)12(9-10)15-4/h7-9,14-15H,5-6H2,1-4H3. The number of amides is 1. The quantitative estimate of drug-likeness (QED) is 0.822. The van der Waals surface area contributed by atoms with E-state index in [1.165, 1.54) is 0 Å². The maximum Gasteiger partial charge on any atom is 0.253 e. The number of benzene rings is 1. The van der Waals surface area contributed by atoms with Crippen LogP contribution in [-0.4, -0.2) is 38.0 Å². The van der Waals surface area contributed by atoms with Crippen molar-refractivity contribution in [1.29, 1.82) is 0 Å². The Morgan fingerprint density at radius 1 is 1.12 bits per heavy atom. The zero-order valence-electron chi connectivity index (χ0n) is 11.0. The summed E-state index contributed by atoms with van der Waals surface area (Å²) in [6, 6.07) is 5.66. The smallest absolute Gasteiger partial charge is 0.253 e. The highest BCUT2D eigenvalue weighted by atomic mass is 16.2. The number of hydrogen-bond acceptors (Lipinski definition) is 3. The Balaban J connectivity index is 3.03. The predicted octanol–water partition coefficient (Wildman–Crippen LogP) is 2.25. The molecule has 0 atom stereocenters. The number of nitrogens with zero attached hydrogens (tertiary/aromatic N) is 1. The first-order chi connectivity index (χ1) is 8.17. The zero-order chi connectivity index (χ0) is 12.8. The molecule has 1 rings (SSSR count). The molecule has 0 fully saturated rings.